The third-order valence-electron chi connectivity index (χ3n) is 2.01. The summed E-state index contributed by atoms with van der Waals surface area (Å²) in [6.45, 7) is 0.717. The number of benzene rings is 1. The molecule has 5 heteroatoms. The lowest BCUT2D eigenvalue weighted by Crippen LogP contribution is -2.20. The first-order valence-corrected chi connectivity index (χ1v) is 4.36. The van der Waals surface area contributed by atoms with Gasteiger partial charge in [0.25, 0.3) is 5.78 Å². The molecule has 0 amide bonds. The number of para-hydroxylation sites is 1. The predicted octanol–water partition coefficient (Wildman–Crippen LogP) is 0.725. The Morgan fingerprint density at radius 1 is 1.20 bits per heavy atom. The van der Waals surface area contributed by atoms with Gasteiger partial charge in [0.2, 0.25) is 0 Å². The fourth-order valence-corrected chi connectivity index (χ4v) is 1.37. The first kappa shape index (κ1) is 9.51. The average molecular weight is 208 g/mol. The van der Waals surface area contributed by atoms with Crippen molar-refractivity contribution in [1.82, 2.24) is 0 Å². The van der Waals surface area contributed by atoms with Crippen LogP contribution in [-0.4, -0.2) is 30.1 Å². The second-order valence-corrected chi connectivity index (χ2v) is 2.96. The highest BCUT2D eigenvalue weighted by Gasteiger charge is 2.24. The molecule has 2 rings (SSSR count). The Bertz CT molecular complexity index is 424. The van der Waals surface area contributed by atoms with Crippen LogP contribution >= 0.6 is 0 Å². The molecule has 1 N–H and O–H groups in total. The van der Waals surface area contributed by atoms with Crippen molar-refractivity contribution in [3.05, 3.63) is 23.8 Å². The highest BCUT2D eigenvalue weighted by Crippen LogP contribution is 2.33. The Labute approximate surface area is 85.2 Å². The van der Waals surface area contributed by atoms with E-state index in [1.807, 2.05) is 0 Å². The van der Waals surface area contributed by atoms with Crippen LogP contribution < -0.4 is 9.47 Å². The summed E-state index contributed by atoms with van der Waals surface area (Å²) < 4.78 is 10.4. The van der Waals surface area contributed by atoms with Crippen LogP contribution in [0.5, 0.6) is 11.5 Å². The summed E-state index contributed by atoms with van der Waals surface area (Å²) in [7, 11) is 0. The molecule has 0 aliphatic carbocycles. The number of aliphatic carboxylic acids is 1. The van der Waals surface area contributed by atoms with Crippen LogP contribution in [-0.2, 0) is 4.79 Å². The van der Waals surface area contributed by atoms with Gasteiger partial charge in [0, 0.05) is 0 Å². The van der Waals surface area contributed by atoms with E-state index in [1.54, 1.807) is 12.1 Å². The van der Waals surface area contributed by atoms with E-state index in [1.165, 1.54) is 6.07 Å². The zero-order chi connectivity index (χ0) is 10.8. The molecular formula is C10H8O5. The molecule has 5 nitrogen and oxygen atoms in total. The average Bonchev–Trinajstić information content (AvgIpc) is 2.27. The zero-order valence-electron chi connectivity index (χ0n) is 7.73. The molecule has 0 aromatic heterocycles. The first-order valence-electron chi connectivity index (χ1n) is 4.36. The molecule has 0 unspecified atom stereocenters. The zero-order valence-corrected chi connectivity index (χ0v) is 7.73. The summed E-state index contributed by atoms with van der Waals surface area (Å²) >= 11 is 0. The molecule has 1 heterocycles. The monoisotopic (exact) mass is 208 g/mol. The maximum absolute atomic E-state index is 11.3. The highest BCUT2D eigenvalue weighted by molar-refractivity contribution is 6.40. The van der Waals surface area contributed by atoms with Crippen LogP contribution in [0.25, 0.3) is 0 Å². The minimum atomic E-state index is -1.50. The number of ether oxygens (including phenoxy) is 2. The van der Waals surface area contributed by atoms with Crippen molar-refractivity contribution in [3.63, 3.8) is 0 Å². The van der Waals surface area contributed by atoms with Gasteiger partial charge in [-0.05, 0) is 12.1 Å². The molecule has 0 saturated heterocycles. The molecule has 0 radical (unpaired) electrons. The van der Waals surface area contributed by atoms with Gasteiger partial charge in [0.05, 0.1) is 5.56 Å². The molecule has 1 aliphatic rings. The number of fused-ring (bicyclic) bond motifs is 1. The van der Waals surface area contributed by atoms with E-state index in [2.05, 4.69) is 0 Å². The van der Waals surface area contributed by atoms with Crippen LogP contribution in [0.1, 0.15) is 10.4 Å². The van der Waals surface area contributed by atoms with Crippen LogP contribution in [0.15, 0.2) is 18.2 Å². The lowest BCUT2D eigenvalue weighted by molar-refractivity contribution is -0.131. The van der Waals surface area contributed by atoms with Gasteiger partial charge in [0.1, 0.15) is 13.2 Å². The minimum Gasteiger partial charge on any atom is -0.486 e. The van der Waals surface area contributed by atoms with Gasteiger partial charge >= 0.3 is 5.97 Å². The van der Waals surface area contributed by atoms with Gasteiger partial charge < -0.3 is 14.6 Å². The molecule has 0 bridgehead atoms. The second-order valence-electron chi connectivity index (χ2n) is 2.96. The first-order chi connectivity index (χ1) is 7.20. The Morgan fingerprint density at radius 3 is 2.67 bits per heavy atom. The van der Waals surface area contributed by atoms with E-state index in [0.29, 0.717) is 19.0 Å². The van der Waals surface area contributed by atoms with Crippen LogP contribution in [0.2, 0.25) is 0 Å². The van der Waals surface area contributed by atoms with Gasteiger partial charge in [-0.25, -0.2) is 4.79 Å². The number of rotatable bonds is 2. The van der Waals surface area contributed by atoms with Gasteiger partial charge in [-0.3, -0.25) is 4.79 Å². The summed E-state index contributed by atoms with van der Waals surface area (Å²) in [5, 5.41) is 8.59. The Hall–Kier alpha value is -2.04. The summed E-state index contributed by atoms with van der Waals surface area (Å²) in [6.07, 6.45) is 0. The molecule has 78 valence electrons. The van der Waals surface area contributed by atoms with Crippen molar-refractivity contribution in [1.29, 1.82) is 0 Å². The van der Waals surface area contributed by atoms with Gasteiger partial charge in [-0.15, -0.1) is 0 Å². The molecule has 0 spiro atoms. The second kappa shape index (κ2) is 3.61. The lowest BCUT2D eigenvalue weighted by atomic mass is 10.1. The van der Waals surface area contributed by atoms with Gasteiger partial charge in [-0.1, -0.05) is 6.07 Å². The van der Waals surface area contributed by atoms with Crippen molar-refractivity contribution in [2.45, 2.75) is 0 Å². The lowest BCUT2D eigenvalue weighted by Gasteiger charge is -2.19. The molecule has 0 atom stereocenters. The summed E-state index contributed by atoms with van der Waals surface area (Å²) in [5.41, 5.74) is 0.0275. The molecule has 0 saturated carbocycles. The van der Waals surface area contributed by atoms with E-state index >= 15 is 0 Å². The summed E-state index contributed by atoms with van der Waals surface area (Å²) in [6, 6.07) is 4.60. The molecule has 1 aromatic carbocycles. The molecule has 0 fully saturated rings. The highest BCUT2D eigenvalue weighted by atomic mass is 16.6. The minimum absolute atomic E-state index is 0.0275. The Morgan fingerprint density at radius 2 is 1.93 bits per heavy atom. The van der Waals surface area contributed by atoms with Crippen molar-refractivity contribution >= 4 is 11.8 Å². The molecule has 15 heavy (non-hydrogen) atoms. The van der Waals surface area contributed by atoms with Gasteiger partial charge in [0.15, 0.2) is 11.5 Å². The summed E-state index contributed by atoms with van der Waals surface area (Å²) in [4.78, 5) is 21.8. The normalized spacial score (nSPS) is 13.3. The molecule has 1 aliphatic heterocycles. The van der Waals surface area contributed by atoms with Crippen LogP contribution in [0, 0.1) is 0 Å². The quantitative estimate of drug-likeness (QED) is 0.572. The number of hydrogen-bond donors (Lipinski definition) is 1. The van der Waals surface area contributed by atoms with Crippen molar-refractivity contribution in [2.75, 3.05) is 13.2 Å². The summed E-state index contributed by atoms with van der Waals surface area (Å²) in [5.74, 6) is -1.86. The van der Waals surface area contributed by atoms with Crippen molar-refractivity contribution in [3.8, 4) is 11.5 Å². The van der Waals surface area contributed by atoms with E-state index in [0.717, 1.165) is 0 Å². The molecular weight excluding hydrogens is 200 g/mol. The Balaban J connectivity index is 2.48. The fourth-order valence-electron chi connectivity index (χ4n) is 1.37. The number of carbonyl (C=O) groups is 2. The van der Waals surface area contributed by atoms with Crippen LogP contribution in [0.3, 0.4) is 0 Å². The Kier molecular flexibility index (Phi) is 2.29. The smallest absolute Gasteiger partial charge is 0.377 e. The number of carboxylic acid groups (broad SMARTS) is 1. The third kappa shape index (κ3) is 1.63. The number of ketones is 1. The molecule has 1 aromatic rings. The predicted molar refractivity (Wildman–Crippen MR) is 49.4 cm³/mol. The van der Waals surface area contributed by atoms with Crippen molar-refractivity contribution < 1.29 is 24.2 Å². The third-order valence-corrected chi connectivity index (χ3v) is 2.01. The van der Waals surface area contributed by atoms with E-state index < -0.39 is 11.8 Å². The fraction of sp³-hybridized carbons (Fsp3) is 0.200. The maximum Gasteiger partial charge on any atom is 0.377 e. The topological polar surface area (TPSA) is 72.8 Å². The largest absolute Gasteiger partial charge is 0.486 e. The van der Waals surface area contributed by atoms with Gasteiger partial charge in [-0.2, -0.15) is 0 Å². The maximum atomic E-state index is 11.3. The number of Topliss-reactive ketones (excluding diaryl/α,β-unsaturated/α-hetero) is 1. The van der Waals surface area contributed by atoms with Crippen molar-refractivity contribution in [2.24, 2.45) is 0 Å². The number of hydrogen-bond acceptors (Lipinski definition) is 4. The number of carbonyl (C=O) groups excluding carboxylic acids is 1. The SMILES string of the molecule is O=C(O)C(=O)c1cccc2c1OCCO2. The van der Waals surface area contributed by atoms with E-state index in [-0.39, 0.29) is 11.3 Å². The number of carboxylic acids is 1. The van der Waals surface area contributed by atoms with Crippen LogP contribution in [0.4, 0.5) is 0 Å². The van der Waals surface area contributed by atoms with E-state index in [4.69, 9.17) is 14.6 Å². The van der Waals surface area contributed by atoms with E-state index in [9.17, 15) is 9.59 Å². The standard InChI is InChI=1S/C10H8O5/c11-8(10(12)13)6-2-1-3-7-9(6)15-5-4-14-7/h1-3H,4-5H2,(H,12,13).